The van der Waals surface area contributed by atoms with Crippen molar-refractivity contribution in [2.24, 2.45) is 5.41 Å². The van der Waals surface area contributed by atoms with Gasteiger partial charge in [-0.1, -0.05) is 82.2 Å². The fraction of sp³-hybridized carbons (Fsp3) is 0.439. The first-order chi connectivity index (χ1) is 24.7. The number of aromatic nitrogens is 1. The molecule has 0 saturated carbocycles. The Kier molecular flexibility index (Phi) is 16.0. The third-order valence-electron chi connectivity index (χ3n) is 8.58. The Labute approximate surface area is 308 Å². The first-order valence-electron chi connectivity index (χ1n) is 18.0. The lowest BCUT2D eigenvalue weighted by atomic mass is 9.87. The van der Waals surface area contributed by atoms with Crippen molar-refractivity contribution in [3.8, 4) is 0 Å². The highest BCUT2D eigenvalue weighted by molar-refractivity contribution is 5.97. The molecule has 280 valence electrons. The van der Waals surface area contributed by atoms with Gasteiger partial charge in [-0.15, -0.1) is 0 Å². The fourth-order valence-electron chi connectivity index (χ4n) is 5.82. The van der Waals surface area contributed by atoms with Crippen molar-refractivity contribution in [1.29, 1.82) is 0 Å². The van der Waals surface area contributed by atoms with Crippen LogP contribution < -0.4 is 26.6 Å². The van der Waals surface area contributed by atoms with Crippen LogP contribution in [0.4, 0.5) is 0 Å². The maximum absolute atomic E-state index is 14.0. The lowest BCUT2D eigenvalue weighted by molar-refractivity contribution is -0.124. The van der Waals surface area contributed by atoms with E-state index in [9.17, 15) is 19.2 Å². The van der Waals surface area contributed by atoms with E-state index >= 15 is 0 Å². The minimum atomic E-state index is -0.998. The summed E-state index contributed by atoms with van der Waals surface area (Å²) in [6, 6.07) is 18.0. The van der Waals surface area contributed by atoms with Crippen LogP contribution in [-0.4, -0.2) is 64.5 Å². The molecule has 3 rings (SSSR count). The maximum atomic E-state index is 14.0. The predicted molar refractivity (Wildman–Crippen MR) is 205 cm³/mol. The standard InChI is InChI=1S/C41H56N6O5/c1-8-12-34(46-39(50)35(24-41(5,6)7)47-38(49)31-19-21-42-22-20-31)36(27(2)3)45-33(23-29-13-10-9-11-14-29)26-43-28(4)37(48)44-25-30-15-17-32(18-16-30)40(51)52/h9-11,13-22,28,33-35,43,45H,8,12,23-26H2,1-7H3,(H,44,48)(H,46,50)(H,47,49)(H,51,52)/t28-,33?,34-,35?/m0/s1. The van der Waals surface area contributed by atoms with Gasteiger partial charge in [-0.3, -0.25) is 19.4 Å². The molecule has 11 nitrogen and oxygen atoms in total. The van der Waals surface area contributed by atoms with E-state index in [0.717, 1.165) is 28.8 Å². The van der Waals surface area contributed by atoms with Crippen molar-refractivity contribution >= 4 is 23.7 Å². The third-order valence-corrected chi connectivity index (χ3v) is 8.58. The number of carbonyl (C=O) groups is 4. The largest absolute Gasteiger partial charge is 0.478 e. The Morgan fingerprint density at radius 3 is 2.02 bits per heavy atom. The Balaban J connectivity index is 1.76. The molecule has 1 aromatic heterocycles. The number of carboxylic acids is 1. The van der Waals surface area contributed by atoms with Crippen molar-refractivity contribution in [2.75, 3.05) is 6.54 Å². The molecule has 11 heteroatoms. The van der Waals surface area contributed by atoms with Gasteiger partial charge >= 0.3 is 5.97 Å². The zero-order valence-corrected chi connectivity index (χ0v) is 31.6. The number of allylic oxidation sites excluding steroid dienone is 1. The van der Waals surface area contributed by atoms with E-state index in [1.54, 1.807) is 43.6 Å². The van der Waals surface area contributed by atoms with E-state index in [-0.39, 0.29) is 47.3 Å². The Hall–Kier alpha value is -5.03. The summed E-state index contributed by atoms with van der Waals surface area (Å²) in [5, 5.41) is 25.4. The molecule has 0 aliphatic heterocycles. The second-order valence-electron chi connectivity index (χ2n) is 14.7. The molecular weight excluding hydrogens is 656 g/mol. The van der Waals surface area contributed by atoms with Crippen molar-refractivity contribution in [2.45, 2.75) is 105 Å². The molecule has 3 amide bonds. The number of carbonyl (C=O) groups excluding carboxylic acids is 3. The summed E-state index contributed by atoms with van der Waals surface area (Å²) in [6.45, 7) is 14.8. The molecule has 0 spiro atoms. The Bertz CT molecular complexity index is 1630. The number of aromatic carboxylic acids is 1. The molecule has 52 heavy (non-hydrogen) atoms. The molecule has 3 aromatic rings. The zero-order chi connectivity index (χ0) is 38.3. The average Bonchev–Trinajstić information content (AvgIpc) is 3.11. The quantitative estimate of drug-likeness (QED) is 0.0965. The van der Waals surface area contributed by atoms with E-state index in [2.05, 4.69) is 50.6 Å². The van der Waals surface area contributed by atoms with Gasteiger partial charge in [0.1, 0.15) is 6.04 Å². The molecule has 6 N–H and O–H groups in total. The number of pyridine rings is 1. The highest BCUT2D eigenvalue weighted by atomic mass is 16.4. The molecular formula is C41H56N6O5. The van der Waals surface area contributed by atoms with Crippen LogP contribution in [0.25, 0.3) is 0 Å². The van der Waals surface area contributed by atoms with Crippen LogP contribution in [0.5, 0.6) is 0 Å². The molecule has 2 aromatic carbocycles. The molecule has 4 atom stereocenters. The molecule has 0 bridgehead atoms. The van der Waals surface area contributed by atoms with Crippen molar-refractivity contribution in [1.82, 2.24) is 31.6 Å². The third kappa shape index (κ3) is 13.9. The molecule has 2 unspecified atom stereocenters. The lowest BCUT2D eigenvalue weighted by Gasteiger charge is -2.32. The van der Waals surface area contributed by atoms with Gasteiger partial charge < -0.3 is 31.7 Å². The van der Waals surface area contributed by atoms with Gasteiger partial charge in [0.2, 0.25) is 11.8 Å². The van der Waals surface area contributed by atoms with Crippen LogP contribution in [0, 0.1) is 5.41 Å². The van der Waals surface area contributed by atoms with E-state index < -0.39 is 18.1 Å². The number of amides is 3. The van der Waals surface area contributed by atoms with E-state index in [1.807, 2.05) is 52.8 Å². The first kappa shape index (κ1) is 41.4. The van der Waals surface area contributed by atoms with Gasteiger partial charge in [-0.25, -0.2) is 4.79 Å². The van der Waals surface area contributed by atoms with Crippen LogP contribution >= 0.6 is 0 Å². The molecule has 0 aliphatic rings. The maximum Gasteiger partial charge on any atom is 0.335 e. The van der Waals surface area contributed by atoms with Crippen LogP contribution in [0.2, 0.25) is 0 Å². The summed E-state index contributed by atoms with van der Waals surface area (Å²) in [5.74, 6) is -1.76. The van der Waals surface area contributed by atoms with Gasteiger partial charge in [0.25, 0.3) is 5.91 Å². The van der Waals surface area contributed by atoms with Crippen LogP contribution in [0.3, 0.4) is 0 Å². The SMILES string of the molecule is CCC[C@H](NC(=O)C(CC(C)(C)C)NC(=O)c1ccncc1)C(NC(CN[C@@H](C)C(=O)NCc1ccc(C(=O)O)cc1)Cc1ccccc1)=C(C)C. The van der Waals surface area contributed by atoms with Gasteiger partial charge in [0.15, 0.2) is 0 Å². The summed E-state index contributed by atoms with van der Waals surface area (Å²) >= 11 is 0. The molecule has 0 saturated heterocycles. The smallest absolute Gasteiger partial charge is 0.335 e. The van der Waals surface area contributed by atoms with Gasteiger partial charge in [-0.05, 0) is 80.8 Å². The molecule has 1 heterocycles. The van der Waals surface area contributed by atoms with Crippen molar-refractivity contribution in [3.63, 3.8) is 0 Å². The van der Waals surface area contributed by atoms with Gasteiger partial charge in [-0.2, -0.15) is 0 Å². The molecule has 0 fully saturated rings. The monoisotopic (exact) mass is 712 g/mol. The number of benzene rings is 2. The van der Waals surface area contributed by atoms with Gasteiger partial charge in [0.05, 0.1) is 17.6 Å². The topological polar surface area (TPSA) is 162 Å². The second kappa shape index (κ2) is 20.1. The van der Waals surface area contributed by atoms with Crippen LogP contribution in [-0.2, 0) is 22.6 Å². The summed E-state index contributed by atoms with van der Waals surface area (Å²) in [6.07, 6.45) is 5.70. The number of hydrogen-bond donors (Lipinski definition) is 6. The minimum absolute atomic E-state index is 0.140. The van der Waals surface area contributed by atoms with Gasteiger partial charge in [0, 0.05) is 42.8 Å². The summed E-state index contributed by atoms with van der Waals surface area (Å²) in [5.41, 5.74) is 4.24. The van der Waals surface area contributed by atoms with Crippen LogP contribution in [0.15, 0.2) is 90.4 Å². The second-order valence-corrected chi connectivity index (χ2v) is 14.7. The molecule has 0 aliphatic carbocycles. The van der Waals surface area contributed by atoms with Crippen molar-refractivity contribution in [3.05, 3.63) is 113 Å². The normalized spacial score (nSPS) is 13.5. The average molecular weight is 713 g/mol. The molecule has 0 radical (unpaired) electrons. The highest BCUT2D eigenvalue weighted by Gasteiger charge is 2.30. The number of nitrogens with one attached hydrogen (secondary N) is 5. The number of rotatable bonds is 19. The van der Waals surface area contributed by atoms with Crippen molar-refractivity contribution < 1.29 is 24.3 Å². The number of carboxylic acid groups (broad SMARTS) is 1. The minimum Gasteiger partial charge on any atom is -0.478 e. The van der Waals surface area contributed by atoms with E-state index in [0.29, 0.717) is 31.4 Å². The number of hydrogen-bond acceptors (Lipinski definition) is 7. The summed E-state index contributed by atoms with van der Waals surface area (Å²) in [4.78, 5) is 55.4. The summed E-state index contributed by atoms with van der Waals surface area (Å²) in [7, 11) is 0. The zero-order valence-electron chi connectivity index (χ0n) is 31.6. The van der Waals surface area contributed by atoms with E-state index in [1.165, 1.54) is 12.1 Å². The lowest BCUT2D eigenvalue weighted by Crippen LogP contribution is -2.54. The first-order valence-corrected chi connectivity index (χ1v) is 18.0. The summed E-state index contributed by atoms with van der Waals surface area (Å²) < 4.78 is 0. The predicted octanol–water partition coefficient (Wildman–Crippen LogP) is 5.39. The highest BCUT2D eigenvalue weighted by Crippen LogP contribution is 2.22. The van der Waals surface area contributed by atoms with E-state index in [4.69, 9.17) is 5.11 Å². The number of nitrogens with zero attached hydrogens (tertiary/aromatic N) is 1. The Morgan fingerprint density at radius 2 is 1.44 bits per heavy atom. The fourth-order valence-corrected chi connectivity index (χ4v) is 5.82. The Morgan fingerprint density at radius 1 is 0.788 bits per heavy atom. The van der Waals surface area contributed by atoms with Crippen LogP contribution in [0.1, 0.15) is 99.6 Å².